The number of benzene rings is 2. The van der Waals surface area contributed by atoms with Crippen molar-refractivity contribution in [3.8, 4) is 0 Å². The van der Waals surface area contributed by atoms with Gasteiger partial charge in [0, 0.05) is 44.8 Å². The summed E-state index contributed by atoms with van der Waals surface area (Å²) in [6, 6.07) is 10.2. The van der Waals surface area contributed by atoms with E-state index in [0.717, 1.165) is 53.1 Å². The van der Waals surface area contributed by atoms with Crippen LogP contribution in [0.5, 0.6) is 0 Å². The molecule has 7 nitrogen and oxygen atoms in total. The lowest BCUT2D eigenvalue weighted by Gasteiger charge is -2.35. The highest BCUT2D eigenvalue weighted by Crippen LogP contribution is 2.37. The summed E-state index contributed by atoms with van der Waals surface area (Å²) in [6.07, 6.45) is 4.50. The molecule has 0 aromatic heterocycles. The molecule has 2 atom stereocenters. The van der Waals surface area contributed by atoms with Crippen molar-refractivity contribution >= 4 is 26.7 Å². The molecule has 2 aliphatic heterocycles. The van der Waals surface area contributed by atoms with Crippen LogP contribution in [-0.2, 0) is 23.1 Å². The first-order valence-corrected chi connectivity index (χ1v) is 13.4. The molecular formula is C24H31N3O4S. The molecule has 2 aromatic carbocycles. The molecule has 2 aromatic rings. The van der Waals surface area contributed by atoms with E-state index in [0.29, 0.717) is 39.3 Å². The molecule has 1 aliphatic carbocycles. The standard InChI is InChI=1S/C24H31N3O4S/c1-32(30,31)26-12-10-25(11-13-26)15-17-14-20-21(19-7-3-2-6-18(17)19)16-27(24(20)29)22-8-4-5-9-23(22)28/h2-3,6-7,14,22-23,28H,4-5,8-13,15-16H2,1H3. The molecule has 172 valence electrons. The van der Waals surface area contributed by atoms with E-state index in [1.54, 1.807) is 0 Å². The SMILES string of the molecule is CS(=O)(=O)N1CCN(Cc2cc3c(c4ccccc24)CN(C2CCCCC2O)C3=O)CC1. The second-order valence-corrected chi connectivity index (χ2v) is 11.4. The van der Waals surface area contributed by atoms with Crippen LogP contribution in [-0.4, -0.2) is 78.1 Å². The fourth-order valence-electron chi connectivity index (χ4n) is 5.58. The highest BCUT2D eigenvalue weighted by atomic mass is 32.2. The number of carbonyl (C=O) groups is 1. The number of amides is 1. The highest BCUT2D eigenvalue weighted by Gasteiger charge is 2.38. The highest BCUT2D eigenvalue weighted by molar-refractivity contribution is 7.88. The van der Waals surface area contributed by atoms with Gasteiger partial charge in [-0.25, -0.2) is 8.42 Å². The maximum Gasteiger partial charge on any atom is 0.254 e. The van der Waals surface area contributed by atoms with Gasteiger partial charge in [0.1, 0.15) is 0 Å². The molecule has 0 bridgehead atoms. The minimum Gasteiger partial charge on any atom is -0.391 e. The van der Waals surface area contributed by atoms with Gasteiger partial charge in [0.15, 0.2) is 0 Å². The van der Waals surface area contributed by atoms with Crippen molar-refractivity contribution < 1.29 is 18.3 Å². The average Bonchev–Trinajstić information content (AvgIpc) is 3.10. The topological polar surface area (TPSA) is 81.2 Å². The first-order chi connectivity index (χ1) is 15.3. The van der Waals surface area contributed by atoms with E-state index in [9.17, 15) is 18.3 Å². The second-order valence-electron chi connectivity index (χ2n) is 9.40. The predicted molar refractivity (Wildman–Crippen MR) is 124 cm³/mol. The predicted octanol–water partition coefficient (Wildman–Crippen LogP) is 2.18. The molecule has 2 unspecified atom stereocenters. The van der Waals surface area contributed by atoms with E-state index in [2.05, 4.69) is 17.0 Å². The third-order valence-corrected chi connectivity index (χ3v) is 8.65. The summed E-state index contributed by atoms with van der Waals surface area (Å²) < 4.78 is 25.2. The summed E-state index contributed by atoms with van der Waals surface area (Å²) in [4.78, 5) is 17.6. The van der Waals surface area contributed by atoms with Gasteiger partial charge >= 0.3 is 0 Å². The average molecular weight is 458 g/mol. The Kier molecular flexibility index (Phi) is 5.73. The zero-order valence-corrected chi connectivity index (χ0v) is 19.4. The third kappa shape index (κ3) is 3.94. The van der Waals surface area contributed by atoms with Crippen molar-refractivity contribution in [1.29, 1.82) is 0 Å². The fourth-order valence-corrected chi connectivity index (χ4v) is 6.41. The van der Waals surface area contributed by atoms with Crippen molar-refractivity contribution in [1.82, 2.24) is 14.1 Å². The molecule has 0 spiro atoms. The Hall–Kier alpha value is -2.00. The van der Waals surface area contributed by atoms with E-state index in [4.69, 9.17) is 0 Å². The number of aliphatic hydroxyl groups is 1. The van der Waals surface area contributed by atoms with E-state index in [1.807, 2.05) is 23.1 Å². The zero-order valence-electron chi connectivity index (χ0n) is 18.5. The van der Waals surface area contributed by atoms with Crippen LogP contribution in [0.3, 0.4) is 0 Å². The summed E-state index contributed by atoms with van der Waals surface area (Å²) in [7, 11) is -3.16. The second kappa shape index (κ2) is 8.41. The van der Waals surface area contributed by atoms with E-state index < -0.39 is 16.1 Å². The van der Waals surface area contributed by atoms with Gasteiger partial charge in [0.25, 0.3) is 5.91 Å². The fraction of sp³-hybridized carbons (Fsp3) is 0.542. The van der Waals surface area contributed by atoms with Crippen LogP contribution >= 0.6 is 0 Å². The minimum atomic E-state index is -3.16. The summed E-state index contributed by atoms with van der Waals surface area (Å²) in [5.41, 5.74) is 2.92. The van der Waals surface area contributed by atoms with Gasteiger partial charge in [-0.15, -0.1) is 0 Å². The molecule has 3 aliphatic rings. The third-order valence-electron chi connectivity index (χ3n) is 7.35. The molecule has 2 fully saturated rings. The minimum absolute atomic E-state index is 0.0276. The number of hydrogen-bond acceptors (Lipinski definition) is 5. The number of rotatable bonds is 4. The number of fused-ring (bicyclic) bond motifs is 3. The molecule has 0 radical (unpaired) electrons. The molecule has 1 saturated carbocycles. The van der Waals surface area contributed by atoms with Gasteiger partial charge < -0.3 is 10.0 Å². The first kappa shape index (κ1) is 21.8. The number of piperazine rings is 1. The van der Waals surface area contributed by atoms with E-state index in [-0.39, 0.29) is 11.9 Å². The summed E-state index contributed by atoms with van der Waals surface area (Å²) >= 11 is 0. The molecule has 5 rings (SSSR count). The van der Waals surface area contributed by atoms with Gasteiger partial charge in [-0.05, 0) is 40.8 Å². The lowest BCUT2D eigenvalue weighted by molar-refractivity contribution is 0.0192. The molecule has 32 heavy (non-hydrogen) atoms. The van der Waals surface area contributed by atoms with Crippen molar-refractivity contribution in [2.75, 3.05) is 32.4 Å². The maximum absolute atomic E-state index is 13.4. The van der Waals surface area contributed by atoms with Crippen LogP contribution in [0.1, 0.15) is 47.2 Å². The maximum atomic E-state index is 13.4. The Morgan fingerprint density at radius 2 is 1.72 bits per heavy atom. The van der Waals surface area contributed by atoms with Crippen LogP contribution in [0.2, 0.25) is 0 Å². The molecule has 1 N–H and O–H groups in total. The largest absolute Gasteiger partial charge is 0.391 e. The number of nitrogens with zero attached hydrogens (tertiary/aromatic N) is 3. The summed E-state index contributed by atoms with van der Waals surface area (Å²) in [6.45, 7) is 3.58. The van der Waals surface area contributed by atoms with Crippen LogP contribution in [0.4, 0.5) is 0 Å². The van der Waals surface area contributed by atoms with E-state index >= 15 is 0 Å². The lowest BCUT2D eigenvalue weighted by Crippen LogP contribution is -2.47. The Labute approximate surface area is 189 Å². The van der Waals surface area contributed by atoms with Crippen LogP contribution < -0.4 is 0 Å². The monoisotopic (exact) mass is 457 g/mol. The smallest absolute Gasteiger partial charge is 0.254 e. The summed E-state index contributed by atoms with van der Waals surface area (Å²) in [5, 5.41) is 12.8. The van der Waals surface area contributed by atoms with Crippen molar-refractivity contribution in [2.24, 2.45) is 0 Å². The Bertz CT molecular complexity index is 1140. The van der Waals surface area contributed by atoms with E-state index in [1.165, 1.54) is 10.6 Å². The van der Waals surface area contributed by atoms with Gasteiger partial charge in [-0.2, -0.15) is 4.31 Å². The zero-order chi connectivity index (χ0) is 22.5. The van der Waals surface area contributed by atoms with Crippen LogP contribution in [0.25, 0.3) is 10.8 Å². The van der Waals surface area contributed by atoms with Crippen molar-refractivity contribution in [3.63, 3.8) is 0 Å². The number of sulfonamides is 1. The number of aliphatic hydroxyl groups excluding tert-OH is 1. The lowest BCUT2D eigenvalue weighted by atomic mass is 9.91. The normalized spacial score (nSPS) is 25.4. The van der Waals surface area contributed by atoms with Crippen LogP contribution in [0.15, 0.2) is 30.3 Å². The molecule has 1 saturated heterocycles. The quantitative estimate of drug-likeness (QED) is 0.761. The Morgan fingerprint density at radius 3 is 2.41 bits per heavy atom. The molecule has 8 heteroatoms. The Morgan fingerprint density at radius 1 is 1.03 bits per heavy atom. The van der Waals surface area contributed by atoms with Gasteiger partial charge in [-0.1, -0.05) is 37.1 Å². The van der Waals surface area contributed by atoms with Crippen LogP contribution in [0, 0.1) is 0 Å². The van der Waals surface area contributed by atoms with Gasteiger partial charge in [0.05, 0.1) is 18.4 Å². The van der Waals surface area contributed by atoms with Gasteiger partial charge in [0.2, 0.25) is 10.0 Å². The van der Waals surface area contributed by atoms with Gasteiger partial charge in [-0.3, -0.25) is 9.69 Å². The Balaban J connectivity index is 1.43. The number of hydrogen-bond donors (Lipinski definition) is 1. The molecule has 2 heterocycles. The first-order valence-electron chi connectivity index (χ1n) is 11.5. The number of carbonyl (C=O) groups excluding carboxylic acids is 1. The van der Waals surface area contributed by atoms with Crippen molar-refractivity contribution in [3.05, 3.63) is 47.0 Å². The van der Waals surface area contributed by atoms with Crippen molar-refractivity contribution in [2.45, 2.75) is 50.9 Å². The molecule has 1 amide bonds. The summed E-state index contributed by atoms with van der Waals surface area (Å²) in [5.74, 6) is 0.0276. The molecular weight excluding hydrogens is 426 g/mol.